The van der Waals surface area contributed by atoms with Crippen molar-refractivity contribution < 1.29 is 4.39 Å². The zero-order valence-electron chi connectivity index (χ0n) is 18.9. The number of halogens is 1. The van der Waals surface area contributed by atoms with Crippen LogP contribution in [0.1, 0.15) is 22.6 Å². The number of hydrogen-bond donors (Lipinski definition) is 2. The maximum Gasteiger partial charge on any atom is 0.154 e. The van der Waals surface area contributed by atoms with E-state index < -0.39 is 5.82 Å². The molecule has 9 heteroatoms. The van der Waals surface area contributed by atoms with E-state index in [0.717, 1.165) is 35.2 Å². The number of pyridine rings is 2. The molecule has 34 heavy (non-hydrogen) atoms. The SMILES string of the molecule is Cc1ccncc1-c1cc2cc(Nc3cc4n(n3)Cc3ncn(C)c3CC4)ncc2c(N)c1F. The Hall–Kier alpha value is -4.27. The first-order chi connectivity index (χ1) is 16.5. The predicted octanol–water partition coefficient (Wildman–Crippen LogP) is 4.15. The largest absolute Gasteiger partial charge is 0.396 e. The summed E-state index contributed by atoms with van der Waals surface area (Å²) in [6.45, 7) is 2.56. The number of nitrogens with one attached hydrogen (secondary N) is 1. The lowest BCUT2D eigenvalue weighted by Gasteiger charge is -2.12. The van der Waals surface area contributed by atoms with E-state index in [4.69, 9.17) is 10.8 Å². The summed E-state index contributed by atoms with van der Waals surface area (Å²) in [5, 5.41) is 9.37. The second-order valence-corrected chi connectivity index (χ2v) is 8.69. The van der Waals surface area contributed by atoms with Crippen molar-refractivity contribution >= 4 is 28.1 Å². The number of rotatable bonds is 3. The Bertz CT molecular complexity index is 1570. The number of nitrogens with two attached hydrogens (primary N) is 1. The molecule has 1 aliphatic rings. The van der Waals surface area contributed by atoms with Crippen LogP contribution < -0.4 is 11.1 Å². The molecule has 6 rings (SSSR count). The van der Waals surface area contributed by atoms with Crippen LogP contribution in [0.25, 0.3) is 21.9 Å². The Kier molecular flexibility index (Phi) is 4.58. The smallest absolute Gasteiger partial charge is 0.154 e. The van der Waals surface area contributed by atoms with Gasteiger partial charge in [0.1, 0.15) is 5.82 Å². The zero-order chi connectivity index (χ0) is 23.4. The summed E-state index contributed by atoms with van der Waals surface area (Å²) in [7, 11) is 2.03. The van der Waals surface area contributed by atoms with Crippen LogP contribution >= 0.6 is 0 Å². The molecule has 3 N–H and O–H groups in total. The molecule has 0 radical (unpaired) electrons. The molecule has 0 unspecified atom stereocenters. The van der Waals surface area contributed by atoms with Crippen molar-refractivity contribution in [2.24, 2.45) is 7.05 Å². The molecule has 5 aromatic rings. The van der Waals surface area contributed by atoms with E-state index >= 15 is 4.39 Å². The molecule has 0 bridgehead atoms. The Morgan fingerprint density at radius 2 is 1.94 bits per heavy atom. The molecule has 1 aromatic carbocycles. The molecule has 0 spiro atoms. The van der Waals surface area contributed by atoms with Gasteiger partial charge in [-0.25, -0.2) is 14.4 Å². The van der Waals surface area contributed by atoms with Crippen LogP contribution in [0.5, 0.6) is 0 Å². The van der Waals surface area contributed by atoms with Gasteiger partial charge in [0, 0.05) is 59.6 Å². The van der Waals surface area contributed by atoms with Crippen molar-refractivity contribution in [1.29, 1.82) is 0 Å². The monoisotopic (exact) mass is 454 g/mol. The van der Waals surface area contributed by atoms with Crippen molar-refractivity contribution in [2.75, 3.05) is 11.1 Å². The normalized spacial score (nSPS) is 12.9. The first kappa shape index (κ1) is 20.3. The number of anilines is 3. The van der Waals surface area contributed by atoms with Gasteiger partial charge >= 0.3 is 0 Å². The molecule has 0 aliphatic carbocycles. The van der Waals surface area contributed by atoms with Gasteiger partial charge in [0.05, 0.1) is 24.3 Å². The standard InChI is InChI=1S/C25H23FN8/c1-14-5-6-28-10-18(14)17-7-15-8-22(29-11-19(15)25(27)24(17)26)31-23-9-16-3-4-21-20(12-34(16)32-23)30-13-33(21)2/h5-11,13H,3-4,12,27H2,1-2H3,(H,29,31,32). The zero-order valence-corrected chi connectivity index (χ0v) is 18.9. The van der Waals surface area contributed by atoms with E-state index in [1.165, 1.54) is 5.69 Å². The van der Waals surface area contributed by atoms with Crippen LogP contribution in [-0.2, 0) is 26.4 Å². The fourth-order valence-electron chi connectivity index (χ4n) is 4.64. The van der Waals surface area contributed by atoms with Crippen molar-refractivity contribution in [1.82, 2.24) is 29.3 Å². The highest BCUT2D eigenvalue weighted by molar-refractivity contribution is 5.98. The van der Waals surface area contributed by atoms with E-state index in [2.05, 4.69) is 24.8 Å². The molecule has 0 atom stereocenters. The van der Waals surface area contributed by atoms with E-state index in [-0.39, 0.29) is 5.69 Å². The fourth-order valence-corrected chi connectivity index (χ4v) is 4.64. The van der Waals surface area contributed by atoms with Gasteiger partial charge in [-0.05, 0) is 48.9 Å². The van der Waals surface area contributed by atoms with Crippen LogP contribution in [0.15, 0.2) is 49.2 Å². The lowest BCUT2D eigenvalue weighted by atomic mass is 9.98. The van der Waals surface area contributed by atoms with Crippen molar-refractivity contribution in [2.45, 2.75) is 26.3 Å². The number of nitrogen functional groups attached to an aromatic ring is 1. The summed E-state index contributed by atoms with van der Waals surface area (Å²) in [4.78, 5) is 13.1. The molecule has 170 valence electrons. The quantitative estimate of drug-likeness (QED) is 0.398. The molecule has 0 fully saturated rings. The van der Waals surface area contributed by atoms with Gasteiger partial charge in [0.15, 0.2) is 11.6 Å². The van der Waals surface area contributed by atoms with Gasteiger partial charge in [0.25, 0.3) is 0 Å². The molecule has 0 saturated heterocycles. The van der Waals surface area contributed by atoms with Gasteiger partial charge in [0.2, 0.25) is 0 Å². The first-order valence-electron chi connectivity index (χ1n) is 11.1. The number of benzene rings is 1. The summed E-state index contributed by atoms with van der Waals surface area (Å²) in [5.74, 6) is 0.858. The number of hydrogen-bond acceptors (Lipinski definition) is 6. The van der Waals surface area contributed by atoms with E-state index in [1.807, 2.05) is 43.2 Å². The molecule has 5 heterocycles. The minimum absolute atomic E-state index is 0.0784. The Labute approximate surface area is 195 Å². The Balaban J connectivity index is 1.35. The van der Waals surface area contributed by atoms with Crippen LogP contribution in [0.2, 0.25) is 0 Å². The summed E-state index contributed by atoms with van der Waals surface area (Å²) < 4.78 is 19.2. The molecule has 0 saturated carbocycles. The summed E-state index contributed by atoms with van der Waals surface area (Å²) >= 11 is 0. The third kappa shape index (κ3) is 3.28. The molecular formula is C25H23FN8. The van der Waals surface area contributed by atoms with E-state index in [1.54, 1.807) is 24.7 Å². The number of aromatic nitrogens is 6. The minimum Gasteiger partial charge on any atom is -0.396 e. The van der Waals surface area contributed by atoms with Crippen LogP contribution in [-0.4, -0.2) is 29.3 Å². The third-order valence-corrected chi connectivity index (χ3v) is 6.51. The number of nitrogens with zero attached hydrogens (tertiary/aromatic N) is 6. The molecule has 4 aromatic heterocycles. The van der Waals surface area contributed by atoms with Crippen LogP contribution in [0, 0.1) is 12.7 Å². The lowest BCUT2D eigenvalue weighted by molar-refractivity contribution is 0.637. The molecule has 8 nitrogen and oxygen atoms in total. The maximum atomic E-state index is 15.1. The fraction of sp³-hybridized carbons (Fsp3) is 0.200. The predicted molar refractivity (Wildman–Crippen MR) is 129 cm³/mol. The average molecular weight is 455 g/mol. The number of aryl methyl sites for hydroxylation is 3. The molecule has 0 amide bonds. The third-order valence-electron chi connectivity index (χ3n) is 6.51. The van der Waals surface area contributed by atoms with Gasteiger partial charge < -0.3 is 15.6 Å². The summed E-state index contributed by atoms with van der Waals surface area (Å²) in [6, 6.07) is 7.55. The Morgan fingerprint density at radius 3 is 2.79 bits per heavy atom. The van der Waals surface area contributed by atoms with Crippen LogP contribution in [0.4, 0.5) is 21.7 Å². The average Bonchev–Trinajstić information content (AvgIpc) is 3.32. The topological polar surface area (TPSA) is 99.5 Å². The van der Waals surface area contributed by atoms with Gasteiger partial charge in [-0.1, -0.05) is 0 Å². The lowest BCUT2D eigenvalue weighted by Crippen LogP contribution is -2.05. The number of fused-ring (bicyclic) bond motifs is 3. The van der Waals surface area contributed by atoms with Crippen molar-refractivity contribution in [3.8, 4) is 11.1 Å². The highest BCUT2D eigenvalue weighted by Crippen LogP contribution is 2.35. The first-order valence-corrected chi connectivity index (χ1v) is 11.1. The van der Waals surface area contributed by atoms with E-state index in [0.29, 0.717) is 34.7 Å². The Morgan fingerprint density at radius 1 is 1.06 bits per heavy atom. The molecular weight excluding hydrogens is 431 g/mol. The summed E-state index contributed by atoms with van der Waals surface area (Å²) in [5.41, 5.74) is 11.7. The van der Waals surface area contributed by atoms with E-state index in [9.17, 15) is 0 Å². The van der Waals surface area contributed by atoms with Crippen molar-refractivity contribution in [3.05, 3.63) is 77.6 Å². The van der Waals surface area contributed by atoms with Gasteiger partial charge in [-0.2, -0.15) is 5.10 Å². The molecule has 1 aliphatic heterocycles. The van der Waals surface area contributed by atoms with Gasteiger partial charge in [-0.15, -0.1) is 0 Å². The highest BCUT2D eigenvalue weighted by atomic mass is 19.1. The maximum absolute atomic E-state index is 15.1. The minimum atomic E-state index is -0.460. The second kappa shape index (κ2) is 7.65. The summed E-state index contributed by atoms with van der Waals surface area (Å²) in [6.07, 6.45) is 8.60. The van der Waals surface area contributed by atoms with Gasteiger partial charge in [-0.3, -0.25) is 9.67 Å². The number of imidazole rings is 1. The van der Waals surface area contributed by atoms with Crippen molar-refractivity contribution in [3.63, 3.8) is 0 Å². The highest BCUT2D eigenvalue weighted by Gasteiger charge is 2.19. The second-order valence-electron chi connectivity index (χ2n) is 8.69. The van der Waals surface area contributed by atoms with Crippen LogP contribution in [0.3, 0.4) is 0 Å².